The van der Waals surface area contributed by atoms with Crippen LogP contribution >= 0.6 is 0 Å². The van der Waals surface area contributed by atoms with E-state index in [4.69, 9.17) is 4.74 Å². The Morgan fingerprint density at radius 3 is 2.69 bits per heavy atom. The average Bonchev–Trinajstić information content (AvgIpc) is 2.69. The fourth-order valence-corrected chi connectivity index (χ4v) is 3.52. The third kappa shape index (κ3) is 1.75. The molecule has 2 heterocycles. The number of ether oxygens (including phenoxy) is 1. The number of carbonyl (C=O) groups is 1. The van der Waals surface area contributed by atoms with Crippen molar-refractivity contribution in [2.75, 3.05) is 7.11 Å². The highest BCUT2D eigenvalue weighted by Gasteiger charge is 2.48. The Bertz CT molecular complexity index is 267. The van der Waals surface area contributed by atoms with Crippen LogP contribution in [0.3, 0.4) is 0 Å². The van der Waals surface area contributed by atoms with Crippen molar-refractivity contribution in [3.63, 3.8) is 0 Å². The van der Waals surface area contributed by atoms with Crippen LogP contribution in [-0.4, -0.2) is 36.1 Å². The van der Waals surface area contributed by atoms with Gasteiger partial charge in [-0.2, -0.15) is 0 Å². The zero-order chi connectivity index (χ0) is 11.7. The molecular weight excluding hydrogens is 202 g/mol. The summed E-state index contributed by atoms with van der Waals surface area (Å²) in [7, 11) is 1.78. The van der Waals surface area contributed by atoms with Gasteiger partial charge in [-0.3, -0.25) is 4.79 Å². The van der Waals surface area contributed by atoms with Crippen molar-refractivity contribution >= 4 is 5.91 Å². The third-order valence-corrected chi connectivity index (χ3v) is 4.38. The number of fused-ring (bicyclic) bond motifs is 1. The summed E-state index contributed by atoms with van der Waals surface area (Å²) in [6.07, 6.45) is 5.24. The van der Waals surface area contributed by atoms with E-state index in [2.05, 4.69) is 18.7 Å². The summed E-state index contributed by atoms with van der Waals surface area (Å²) in [6, 6.07) is 0.807. The van der Waals surface area contributed by atoms with Crippen LogP contribution in [-0.2, 0) is 9.53 Å². The molecule has 2 saturated heterocycles. The van der Waals surface area contributed by atoms with E-state index < -0.39 is 0 Å². The SMILES string of the molecule is CC[C@@H]1C[C@@H](CC)N2C(=O)CC[C@@H](OC)[C@H]12. The molecule has 3 heteroatoms. The van der Waals surface area contributed by atoms with Crippen molar-refractivity contribution in [2.45, 2.75) is 64.1 Å². The maximum atomic E-state index is 12.0. The van der Waals surface area contributed by atoms with Crippen LogP contribution in [0, 0.1) is 5.92 Å². The molecule has 92 valence electrons. The molecule has 0 saturated carbocycles. The molecule has 4 atom stereocenters. The quantitative estimate of drug-likeness (QED) is 0.737. The molecule has 16 heavy (non-hydrogen) atoms. The monoisotopic (exact) mass is 225 g/mol. The summed E-state index contributed by atoms with van der Waals surface area (Å²) in [5.41, 5.74) is 0. The van der Waals surface area contributed by atoms with E-state index in [1.54, 1.807) is 7.11 Å². The largest absolute Gasteiger partial charge is 0.379 e. The molecule has 2 aliphatic rings. The van der Waals surface area contributed by atoms with Gasteiger partial charge in [0.25, 0.3) is 0 Å². The summed E-state index contributed by atoms with van der Waals surface area (Å²) >= 11 is 0. The van der Waals surface area contributed by atoms with Gasteiger partial charge in [-0.1, -0.05) is 20.3 Å². The van der Waals surface area contributed by atoms with Gasteiger partial charge in [0.15, 0.2) is 0 Å². The van der Waals surface area contributed by atoms with Crippen LogP contribution in [0.15, 0.2) is 0 Å². The van der Waals surface area contributed by atoms with Gasteiger partial charge in [-0.25, -0.2) is 0 Å². The van der Waals surface area contributed by atoms with Gasteiger partial charge < -0.3 is 9.64 Å². The van der Waals surface area contributed by atoms with E-state index in [-0.39, 0.29) is 6.10 Å². The van der Waals surface area contributed by atoms with E-state index in [1.165, 1.54) is 6.42 Å². The van der Waals surface area contributed by atoms with Crippen molar-refractivity contribution in [3.8, 4) is 0 Å². The normalized spacial score (nSPS) is 38.9. The van der Waals surface area contributed by atoms with Crippen molar-refractivity contribution in [1.29, 1.82) is 0 Å². The Morgan fingerprint density at radius 2 is 2.12 bits per heavy atom. The number of carbonyl (C=O) groups excluding carboxylic acids is 1. The second-order valence-electron chi connectivity index (χ2n) is 5.07. The number of amides is 1. The van der Waals surface area contributed by atoms with Gasteiger partial charge in [-0.05, 0) is 25.2 Å². The zero-order valence-corrected chi connectivity index (χ0v) is 10.6. The zero-order valence-electron chi connectivity index (χ0n) is 10.6. The lowest BCUT2D eigenvalue weighted by Gasteiger charge is -2.40. The smallest absolute Gasteiger partial charge is 0.223 e. The average molecular weight is 225 g/mol. The highest BCUT2D eigenvalue weighted by molar-refractivity contribution is 5.78. The van der Waals surface area contributed by atoms with Crippen molar-refractivity contribution in [1.82, 2.24) is 4.90 Å². The summed E-state index contributed by atoms with van der Waals surface area (Å²) in [4.78, 5) is 14.2. The molecule has 0 radical (unpaired) electrons. The standard InChI is InChI=1S/C13H23NO2/c1-4-9-8-10(5-2)14-12(15)7-6-11(16-3)13(9)14/h9-11,13H,4-8H2,1-3H3/t9-,10-,11-,13+/m1/s1. The first kappa shape index (κ1) is 11.9. The van der Waals surface area contributed by atoms with Gasteiger partial charge in [-0.15, -0.1) is 0 Å². The number of hydrogen-bond acceptors (Lipinski definition) is 2. The van der Waals surface area contributed by atoms with Crippen LogP contribution in [0.1, 0.15) is 46.0 Å². The topological polar surface area (TPSA) is 29.5 Å². The van der Waals surface area contributed by atoms with Crippen molar-refractivity contribution in [2.24, 2.45) is 5.92 Å². The first-order valence-electron chi connectivity index (χ1n) is 6.56. The fraction of sp³-hybridized carbons (Fsp3) is 0.923. The van der Waals surface area contributed by atoms with E-state index >= 15 is 0 Å². The molecule has 0 spiro atoms. The molecule has 1 amide bonds. The molecule has 3 nitrogen and oxygen atoms in total. The minimum Gasteiger partial charge on any atom is -0.379 e. The number of hydrogen-bond donors (Lipinski definition) is 0. The molecule has 0 aliphatic carbocycles. The summed E-state index contributed by atoms with van der Waals surface area (Å²) in [6.45, 7) is 4.41. The van der Waals surface area contributed by atoms with Gasteiger partial charge in [0.2, 0.25) is 5.91 Å². The first-order chi connectivity index (χ1) is 7.72. The molecule has 2 fully saturated rings. The fourth-order valence-electron chi connectivity index (χ4n) is 3.52. The van der Waals surface area contributed by atoms with E-state index in [0.29, 0.717) is 30.3 Å². The Hall–Kier alpha value is -0.570. The lowest BCUT2D eigenvalue weighted by atomic mass is 9.88. The third-order valence-electron chi connectivity index (χ3n) is 4.38. The predicted molar refractivity (Wildman–Crippen MR) is 63.1 cm³/mol. The Labute approximate surface area is 98.1 Å². The molecule has 0 N–H and O–H groups in total. The summed E-state index contributed by atoms with van der Waals surface area (Å²) < 4.78 is 5.58. The number of rotatable bonds is 3. The first-order valence-corrected chi connectivity index (χ1v) is 6.56. The minimum atomic E-state index is 0.263. The molecule has 2 rings (SSSR count). The maximum Gasteiger partial charge on any atom is 0.223 e. The molecule has 0 aromatic rings. The Balaban J connectivity index is 2.23. The second-order valence-corrected chi connectivity index (χ2v) is 5.07. The van der Waals surface area contributed by atoms with Gasteiger partial charge in [0.05, 0.1) is 12.1 Å². The highest BCUT2D eigenvalue weighted by Crippen LogP contribution is 2.40. The van der Waals surface area contributed by atoms with Gasteiger partial charge >= 0.3 is 0 Å². The molecular formula is C13H23NO2. The number of methoxy groups -OCH3 is 1. The molecule has 2 aliphatic heterocycles. The van der Waals surface area contributed by atoms with Crippen LogP contribution in [0.5, 0.6) is 0 Å². The molecule has 0 bridgehead atoms. The van der Waals surface area contributed by atoms with E-state index in [1.807, 2.05) is 0 Å². The van der Waals surface area contributed by atoms with Crippen LogP contribution in [0.4, 0.5) is 0 Å². The molecule has 0 unspecified atom stereocenters. The van der Waals surface area contributed by atoms with Crippen LogP contribution < -0.4 is 0 Å². The van der Waals surface area contributed by atoms with Crippen LogP contribution in [0.2, 0.25) is 0 Å². The van der Waals surface area contributed by atoms with E-state index in [0.717, 1.165) is 19.3 Å². The lowest BCUT2D eigenvalue weighted by molar-refractivity contribution is -0.144. The van der Waals surface area contributed by atoms with Gasteiger partial charge in [0.1, 0.15) is 0 Å². The Kier molecular flexibility index (Phi) is 3.53. The predicted octanol–water partition coefficient (Wildman–Crippen LogP) is 2.20. The lowest BCUT2D eigenvalue weighted by Crippen LogP contribution is -2.52. The van der Waals surface area contributed by atoms with Crippen LogP contribution in [0.25, 0.3) is 0 Å². The number of piperidine rings is 1. The molecule has 0 aromatic heterocycles. The highest BCUT2D eigenvalue weighted by atomic mass is 16.5. The summed E-state index contributed by atoms with van der Waals surface area (Å²) in [5.74, 6) is 0.986. The molecule has 0 aromatic carbocycles. The summed E-state index contributed by atoms with van der Waals surface area (Å²) in [5, 5.41) is 0. The second kappa shape index (κ2) is 4.74. The minimum absolute atomic E-state index is 0.263. The van der Waals surface area contributed by atoms with E-state index in [9.17, 15) is 4.79 Å². The maximum absolute atomic E-state index is 12.0. The van der Waals surface area contributed by atoms with Crippen molar-refractivity contribution in [3.05, 3.63) is 0 Å². The Morgan fingerprint density at radius 1 is 1.38 bits per heavy atom. The van der Waals surface area contributed by atoms with Gasteiger partial charge in [0, 0.05) is 19.6 Å². The number of nitrogens with zero attached hydrogens (tertiary/aromatic N) is 1. The van der Waals surface area contributed by atoms with Crippen molar-refractivity contribution < 1.29 is 9.53 Å².